The van der Waals surface area contributed by atoms with Crippen molar-refractivity contribution in [2.45, 2.75) is 25.6 Å². The zero-order chi connectivity index (χ0) is 18.7. The summed E-state index contributed by atoms with van der Waals surface area (Å²) < 4.78 is 38.7. The van der Waals surface area contributed by atoms with E-state index in [1.165, 1.54) is 19.2 Å². The van der Waals surface area contributed by atoms with Gasteiger partial charge in [0.15, 0.2) is 0 Å². The average molecular weight is 352 g/mol. The maximum absolute atomic E-state index is 12.9. The van der Waals surface area contributed by atoms with Crippen LogP contribution in [0.3, 0.4) is 0 Å². The molecule has 0 aliphatic heterocycles. The summed E-state index contributed by atoms with van der Waals surface area (Å²) in [7, 11) is 1.34. The van der Waals surface area contributed by atoms with Gasteiger partial charge in [-0.25, -0.2) is 4.79 Å². The van der Waals surface area contributed by atoms with Gasteiger partial charge >= 0.3 is 12.2 Å². The van der Waals surface area contributed by atoms with Gasteiger partial charge in [-0.05, 0) is 43.7 Å². The van der Waals surface area contributed by atoms with Crippen LogP contribution in [0.2, 0.25) is 0 Å². The number of para-hydroxylation sites is 1. The van der Waals surface area contributed by atoms with Crippen molar-refractivity contribution in [1.29, 1.82) is 0 Å². The summed E-state index contributed by atoms with van der Waals surface area (Å²) in [5.41, 5.74) is -0.967. The van der Waals surface area contributed by atoms with Gasteiger partial charge in [0.05, 0.1) is 23.9 Å². The summed E-state index contributed by atoms with van der Waals surface area (Å²) in [5, 5.41) is 3.73. The molecule has 0 radical (unpaired) electrons. The fourth-order valence-electron chi connectivity index (χ4n) is 2.34. The Balaban J connectivity index is 2.24. The van der Waals surface area contributed by atoms with Crippen molar-refractivity contribution in [1.82, 2.24) is 5.32 Å². The van der Waals surface area contributed by atoms with E-state index in [1.54, 1.807) is 44.2 Å². The first-order valence-electron chi connectivity index (χ1n) is 7.54. The van der Waals surface area contributed by atoms with Gasteiger partial charge < -0.3 is 5.32 Å². The Morgan fingerprint density at radius 1 is 1.00 bits per heavy atom. The van der Waals surface area contributed by atoms with Crippen molar-refractivity contribution in [3.8, 4) is 0 Å². The lowest BCUT2D eigenvalue weighted by atomic mass is 9.93. The Kier molecular flexibility index (Phi) is 5.37. The molecule has 4 nitrogen and oxygen atoms in total. The standard InChI is InChI=1S/C18H19F3N2O2/c1-17(2,13-8-7-9-14(12-13)18(19,20)21)22-16(24)23(25-3)15-10-5-4-6-11-15/h4-12H,1-3H3,(H,22,24). The molecule has 0 unspecified atom stereocenters. The Hall–Kier alpha value is -2.54. The number of nitrogens with zero attached hydrogens (tertiary/aromatic N) is 1. The molecule has 0 fully saturated rings. The number of hydrogen-bond donors (Lipinski definition) is 1. The molecule has 2 aromatic carbocycles. The van der Waals surface area contributed by atoms with Gasteiger partial charge in [-0.15, -0.1) is 0 Å². The van der Waals surface area contributed by atoms with Crippen LogP contribution in [-0.4, -0.2) is 13.1 Å². The van der Waals surface area contributed by atoms with E-state index in [2.05, 4.69) is 5.32 Å². The van der Waals surface area contributed by atoms with E-state index in [9.17, 15) is 18.0 Å². The smallest absolute Gasteiger partial charge is 0.327 e. The summed E-state index contributed by atoms with van der Waals surface area (Å²) in [5.74, 6) is 0. The second-order valence-corrected chi connectivity index (χ2v) is 5.95. The average Bonchev–Trinajstić information content (AvgIpc) is 2.55. The number of benzene rings is 2. The monoisotopic (exact) mass is 352 g/mol. The second-order valence-electron chi connectivity index (χ2n) is 5.95. The first kappa shape index (κ1) is 18.8. The van der Waals surface area contributed by atoms with Crippen molar-refractivity contribution < 1.29 is 22.8 Å². The molecule has 0 aliphatic carbocycles. The Bertz CT molecular complexity index is 731. The predicted octanol–water partition coefficient (Wildman–Crippen LogP) is 4.72. The van der Waals surface area contributed by atoms with E-state index in [1.807, 2.05) is 0 Å². The molecule has 2 aromatic rings. The van der Waals surface area contributed by atoms with Crippen molar-refractivity contribution >= 4 is 11.7 Å². The van der Waals surface area contributed by atoms with Gasteiger partial charge in [-0.3, -0.25) is 4.84 Å². The largest absolute Gasteiger partial charge is 0.416 e. The Labute approximate surface area is 144 Å². The van der Waals surface area contributed by atoms with Crippen molar-refractivity contribution in [2.75, 3.05) is 12.2 Å². The molecule has 134 valence electrons. The van der Waals surface area contributed by atoms with Gasteiger partial charge in [-0.2, -0.15) is 18.2 Å². The lowest BCUT2D eigenvalue weighted by molar-refractivity contribution is -0.137. The van der Waals surface area contributed by atoms with E-state index >= 15 is 0 Å². The summed E-state index contributed by atoms with van der Waals surface area (Å²) >= 11 is 0. The molecule has 0 aliphatic rings. The Morgan fingerprint density at radius 2 is 1.60 bits per heavy atom. The molecule has 7 heteroatoms. The number of rotatable bonds is 4. The first-order valence-corrected chi connectivity index (χ1v) is 7.54. The molecule has 0 atom stereocenters. The minimum atomic E-state index is -4.45. The van der Waals surface area contributed by atoms with Gasteiger partial charge in [0.1, 0.15) is 0 Å². The molecule has 2 amide bonds. The lowest BCUT2D eigenvalue weighted by Crippen LogP contribution is -2.48. The van der Waals surface area contributed by atoms with Crippen LogP contribution in [0.1, 0.15) is 25.0 Å². The van der Waals surface area contributed by atoms with Gasteiger partial charge in [0.25, 0.3) is 0 Å². The van der Waals surface area contributed by atoms with E-state index in [0.29, 0.717) is 11.3 Å². The van der Waals surface area contributed by atoms with Crippen molar-refractivity contribution in [3.05, 3.63) is 65.7 Å². The number of alkyl halides is 3. The van der Waals surface area contributed by atoms with Crippen molar-refractivity contribution in [3.63, 3.8) is 0 Å². The second kappa shape index (κ2) is 7.14. The summed E-state index contributed by atoms with van der Waals surface area (Å²) in [4.78, 5) is 17.6. The minimum absolute atomic E-state index is 0.333. The number of hydrogen-bond acceptors (Lipinski definition) is 2. The fraction of sp³-hybridized carbons (Fsp3) is 0.278. The third kappa shape index (κ3) is 4.51. The van der Waals surface area contributed by atoms with Crippen LogP contribution in [0.15, 0.2) is 54.6 Å². The summed E-state index contributed by atoms with van der Waals surface area (Å²) in [6.07, 6.45) is -4.45. The highest BCUT2D eigenvalue weighted by atomic mass is 19.4. The maximum atomic E-state index is 12.9. The first-order chi connectivity index (χ1) is 11.6. The molecule has 0 bridgehead atoms. The molecule has 25 heavy (non-hydrogen) atoms. The molecule has 0 aromatic heterocycles. The van der Waals surface area contributed by atoms with E-state index in [0.717, 1.165) is 17.2 Å². The summed E-state index contributed by atoms with van der Waals surface area (Å²) in [6, 6.07) is 12.9. The molecule has 1 N–H and O–H groups in total. The van der Waals surface area contributed by atoms with Crippen LogP contribution in [0.25, 0.3) is 0 Å². The Morgan fingerprint density at radius 3 is 2.16 bits per heavy atom. The van der Waals surface area contributed by atoms with E-state index < -0.39 is 23.3 Å². The maximum Gasteiger partial charge on any atom is 0.416 e. The van der Waals surface area contributed by atoms with Crippen LogP contribution in [0.4, 0.5) is 23.7 Å². The highest BCUT2D eigenvalue weighted by molar-refractivity contribution is 5.90. The number of nitrogens with one attached hydrogen (secondary N) is 1. The third-order valence-corrected chi connectivity index (χ3v) is 3.69. The fourth-order valence-corrected chi connectivity index (χ4v) is 2.34. The molecule has 0 saturated heterocycles. The van der Waals surface area contributed by atoms with Crippen LogP contribution >= 0.6 is 0 Å². The van der Waals surface area contributed by atoms with E-state index in [-0.39, 0.29) is 0 Å². The van der Waals surface area contributed by atoms with Crippen LogP contribution in [0, 0.1) is 0 Å². The molecular formula is C18H19F3N2O2. The number of carbonyl (C=O) groups excluding carboxylic acids is 1. The van der Waals surface area contributed by atoms with Crippen LogP contribution in [0.5, 0.6) is 0 Å². The molecule has 0 heterocycles. The zero-order valence-corrected chi connectivity index (χ0v) is 14.1. The van der Waals surface area contributed by atoms with Crippen molar-refractivity contribution in [2.24, 2.45) is 0 Å². The van der Waals surface area contributed by atoms with E-state index in [4.69, 9.17) is 4.84 Å². The van der Waals surface area contributed by atoms with Gasteiger partial charge in [-0.1, -0.05) is 30.3 Å². The third-order valence-electron chi connectivity index (χ3n) is 3.69. The van der Waals surface area contributed by atoms with Gasteiger partial charge in [0.2, 0.25) is 0 Å². The normalized spacial score (nSPS) is 11.9. The predicted molar refractivity (Wildman–Crippen MR) is 88.9 cm³/mol. The van der Waals surface area contributed by atoms with Crippen LogP contribution in [-0.2, 0) is 16.6 Å². The number of hydroxylamine groups is 1. The number of amides is 2. The number of halogens is 3. The highest BCUT2D eigenvalue weighted by Gasteiger charge is 2.33. The quantitative estimate of drug-likeness (QED) is 0.809. The molecule has 0 spiro atoms. The SMILES string of the molecule is CON(C(=O)NC(C)(C)c1cccc(C(F)(F)F)c1)c1ccccc1. The number of urea groups is 1. The number of carbonyl (C=O) groups is 1. The minimum Gasteiger partial charge on any atom is -0.327 e. The number of anilines is 1. The topological polar surface area (TPSA) is 41.6 Å². The lowest BCUT2D eigenvalue weighted by Gasteiger charge is -2.30. The molecule has 0 saturated carbocycles. The molecule has 2 rings (SSSR count). The zero-order valence-electron chi connectivity index (χ0n) is 14.1. The summed E-state index contributed by atoms with van der Waals surface area (Å²) in [6.45, 7) is 3.25. The van der Waals surface area contributed by atoms with Gasteiger partial charge in [0, 0.05) is 0 Å². The molecular weight excluding hydrogens is 333 g/mol. The highest BCUT2D eigenvalue weighted by Crippen LogP contribution is 2.32. The van der Waals surface area contributed by atoms with Crippen LogP contribution < -0.4 is 10.4 Å².